The second-order valence-electron chi connectivity index (χ2n) is 9.40. The summed E-state index contributed by atoms with van der Waals surface area (Å²) in [5.41, 5.74) is 6.16. The zero-order chi connectivity index (χ0) is 27.2. The molecule has 0 aliphatic rings. The Hall–Kier alpha value is -3.29. The molecule has 0 amide bonds. The third kappa shape index (κ3) is 8.95. The maximum absolute atomic E-state index is 12.1. The second-order valence-corrected chi connectivity index (χ2v) is 9.40. The van der Waals surface area contributed by atoms with Crippen LogP contribution in [0.25, 0.3) is 0 Å². The van der Waals surface area contributed by atoms with Crippen LogP contribution in [0.2, 0.25) is 0 Å². The fraction of sp³-hybridized carbons (Fsp3) is 0.333. The van der Waals surface area contributed by atoms with Crippen molar-refractivity contribution in [1.29, 1.82) is 0 Å². The molecule has 2 aromatic carbocycles. The standard InChI is InChI=1S/C30H36N2O4.Co/c1-17-9-18(2)12-25(11-17)29(31-15-27(21(5)33)22(6)34)30(26-13-19(3)10-20(4)14-26)32-16-28(23(7)35)24(8)36;/h9-16,29-30,33,35H,1-8H3;/b27-21+,28-23+,31-15?,32-16?;/t29-,30-;/m0./s1. The number of rotatable bonds is 9. The minimum absolute atomic E-state index is 0. The summed E-state index contributed by atoms with van der Waals surface area (Å²) in [6.45, 7) is 13.6. The molecule has 1 radical (unpaired) electrons. The Labute approximate surface area is 230 Å². The van der Waals surface area contributed by atoms with E-state index in [0.717, 1.165) is 33.4 Å². The molecule has 0 saturated heterocycles. The molecule has 37 heavy (non-hydrogen) atoms. The van der Waals surface area contributed by atoms with Gasteiger partial charge in [0.25, 0.3) is 0 Å². The number of benzene rings is 2. The van der Waals surface area contributed by atoms with Crippen LogP contribution in [0.3, 0.4) is 0 Å². The van der Waals surface area contributed by atoms with Crippen LogP contribution in [0, 0.1) is 27.7 Å². The Morgan fingerprint density at radius 2 is 0.892 bits per heavy atom. The fourth-order valence-corrected chi connectivity index (χ4v) is 4.25. The maximum Gasteiger partial charge on any atom is 0.164 e. The predicted molar refractivity (Wildman–Crippen MR) is 146 cm³/mol. The molecular formula is C30H36CoN2O4. The van der Waals surface area contributed by atoms with Gasteiger partial charge in [-0.15, -0.1) is 0 Å². The number of carbonyl (C=O) groups is 2. The Balaban J connectivity index is 0.00000684. The van der Waals surface area contributed by atoms with E-state index in [-0.39, 0.29) is 51.0 Å². The summed E-state index contributed by atoms with van der Waals surface area (Å²) in [5.74, 6) is -0.840. The van der Waals surface area contributed by atoms with Crippen molar-refractivity contribution in [2.75, 3.05) is 0 Å². The van der Waals surface area contributed by atoms with Gasteiger partial charge in [-0.05, 0) is 66.5 Å². The molecule has 0 fully saturated rings. The van der Waals surface area contributed by atoms with Crippen molar-refractivity contribution in [3.8, 4) is 0 Å². The molecule has 2 atom stereocenters. The fourth-order valence-electron chi connectivity index (χ4n) is 4.25. The number of aliphatic hydroxyl groups is 2. The summed E-state index contributed by atoms with van der Waals surface area (Å²) in [5, 5.41) is 20.1. The maximum atomic E-state index is 12.1. The first-order chi connectivity index (χ1) is 16.8. The largest absolute Gasteiger partial charge is 0.512 e. The van der Waals surface area contributed by atoms with Gasteiger partial charge in [-0.3, -0.25) is 19.6 Å². The van der Waals surface area contributed by atoms with Crippen LogP contribution in [-0.2, 0) is 26.4 Å². The van der Waals surface area contributed by atoms with Gasteiger partial charge in [0.15, 0.2) is 11.6 Å². The van der Waals surface area contributed by atoms with Crippen LogP contribution in [-0.4, -0.2) is 34.2 Å². The SMILES string of the molecule is CC(=O)/C(C=N[C@@H](c1cc(C)cc(C)c1)[C@@H](N=C/C(C(C)=O)=C(/C)O)c1cc(C)cc(C)c1)=C(\C)O.[Co]. The quantitative estimate of drug-likeness (QED) is 0.208. The molecule has 6 nitrogen and oxygen atoms in total. The summed E-state index contributed by atoms with van der Waals surface area (Å²) in [6, 6.07) is 11.0. The van der Waals surface area contributed by atoms with E-state index in [1.54, 1.807) is 0 Å². The molecule has 2 aromatic rings. The van der Waals surface area contributed by atoms with E-state index < -0.39 is 12.1 Å². The van der Waals surface area contributed by atoms with Gasteiger partial charge in [0.2, 0.25) is 0 Å². The normalized spacial score (nSPS) is 14.6. The predicted octanol–water partition coefficient (Wildman–Crippen LogP) is 6.68. The van der Waals surface area contributed by atoms with Crippen molar-refractivity contribution in [3.05, 3.63) is 92.4 Å². The monoisotopic (exact) mass is 547 g/mol. The van der Waals surface area contributed by atoms with Crippen LogP contribution in [0.4, 0.5) is 0 Å². The Morgan fingerprint density at radius 3 is 1.11 bits per heavy atom. The number of Topliss-reactive ketones (excluding diaryl/α,β-unsaturated/α-hetero) is 2. The number of hydrogen-bond acceptors (Lipinski definition) is 6. The third-order valence-corrected chi connectivity index (χ3v) is 5.74. The molecule has 199 valence electrons. The zero-order valence-corrected chi connectivity index (χ0v) is 23.8. The van der Waals surface area contributed by atoms with Gasteiger partial charge in [0, 0.05) is 29.2 Å². The van der Waals surface area contributed by atoms with Crippen LogP contribution in [0.15, 0.2) is 69.0 Å². The Bertz CT molecular complexity index is 1140. The van der Waals surface area contributed by atoms with Crippen LogP contribution in [0.1, 0.15) is 73.2 Å². The van der Waals surface area contributed by atoms with E-state index >= 15 is 0 Å². The number of aliphatic imine (C=N–C) groups is 2. The van der Waals surface area contributed by atoms with E-state index in [0.29, 0.717) is 0 Å². The molecule has 2 N–H and O–H groups in total. The molecular weight excluding hydrogens is 511 g/mol. The molecule has 0 aromatic heterocycles. The van der Waals surface area contributed by atoms with Crippen molar-refractivity contribution in [2.24, 2.45) is 9.98 Å². The zero-order valence-electron chi connectivity index (χ0n) is 22.7. The number of allylic oxidation sites excluding steroid dienone is 4. The second kappa shape index (κ2) is 13.9. The van der Waals surface area contributed by atoms with Gasteiger partial charge in [-0.2, -0.15) is 0 Å². The average molecular weight is 548 g/mol. The topological polar surface area (TPSA) is 99.3 Å². The molecule has 0 heterocycles. The van der Waals surface area contributed by atoms with Crippen LogP contribution >= 0.6 is 0 Å². The van der Waals surface area contributed by atoms with Gasteiger partial charge in [-0.1, -0.05) is 58.7 Å². The molecule has 7 heteroatoms. The van der Waals surface area contributed by atoms with E-state index in [9.17, 15) is 19.8 Å². The molecule has 0 bridgehead atoms. The molecule has 0 aliphatic carbocycles. The summed E-state index contributed by atoms with van der Waals surface area (Å²) in [4.78, 5) is 33.8. The van der Waals surface area contributed by atoms with E-state index in [2.05, 4.69) is 12.1 Å². The summed E-state index contributed by atoms with van der Waals surface area (Å²) < 4.78 is 0. The first kappa shape index (κ1) is 31.7. The van der Waals surface area contributed by atoms with Gasteiger partial charge >= 0.3 is 0 Å². The molecule has 0 unspecified atom stereocenters. The number of aryl methyl sites for hydroxylation is 4. The van der Waals surface area contributed by atoms with E-state index in [4.69, 9.17) is 9.98 Å². The number of ketones is 2. The number of nitrogens with zero attached hydrogens (tertiary/aromatic N) is 2. The third-order valence-electron chi connectivity index (χ3n) is 5.74. The van der Waals surface area contributed by atoms with Crippen LogP contribution in [0.5, 0.6) is 0 Å². The number of hydrogen-bond donors (Lipinski definition) is 2. The Kier molecular flexibility index (Phi) is 11.9. The van der Waals surface area contributed by atoms with Gasteiger partial charge in [0.05, 0.1) is 11.1 Å². The van der Waals surface area contributed by atoms with Gasteiger partial charge < -0.3 is 10.2 Å². The van der Waals surface area contributed by atoms with Crippen molar-refractivity contribution < 1.29 is 36.6 Å². The van der Waals surface area contributed by atoms with Crippen LogP contribution < -0.4 is 0 Å². The first-order valence-corrected chi connectivity index (χ1v) is 11.8. The first-order valence-electron chi connectivity index (χ1n) is 11.8. The van der Waals surface area contributed by atoms with Crippen molar-refractivity contribution in [3.63, 3.8) is 0 Å². The molecule has 0 spiro atoms. The van der Waals surface area contributed by atoms with Gasteiger partial charge in [-0.25, -0.2) is 0 Å². The summed E-state index contributed by atoms with van der Waals surface area (Å²) in [7, 11) is 0. The minimum Gasteiger partial charge on any atom is -0.512 e. The van der Waals surface area contributed by atoms with Crippen molar-refractivity contribution in [1.82, 2.24) is 0 Å². The van der Waals surface area contributed by atoms with Gasteiger partial charge in [0.1, 0.15) is 23.6 Å². The number of carbonyl (C=O) groups excluding carboxylic acids is 2. The minimum atomic E-state index is -0.582. The molecule has 0 aliphatic heterocycles. The van der Waals surface area contributed by atoms with E-state index in [1.807, 2.05) is 52.0 Å². The summed E-state index contributed by atoms with van der Waals surface area (Å²) in [6.07, 6.45) is 2.79. The van der Waals surface area contributed by atoms with Crippen molar-refractivity contribution in [2.45, 2.75) is 67.5 Å². The van der Waals surface area contributed by atoms with Crippen molar-refractivity contribution >= 4 is 24.0 Å². The average Bonchev–Trinajstić information content (AvgIpc) is 2.72. The molecule has 2 rings (SSSR count). The molecule has 0 saturated carbocycles. The van der Waals surface area contributed by atoms with E-state index in [1.165, 1.54) is 40.1 Å². The Morgan fingerprint density at radius 1 is 0.622 bits per heavy atom. The number of aliphatic hydroxyl groups excluding tert-OH is 2. The summed E-state index contributed by atoms with van der Waals surface area (Å²) >= 11 is 0. The smallest absolute Gasteiger partial charge is 0.164 e.